The number of hydrogen-bond donors (Lipinski definition) is 3. The zero-order chi connectivity index (χ0) is 14.3. The van der Waals surface area contributed by atoms with Gasteiger partial charge in [-0.25, -0.2) is 0 Å². The molecule has 0 spiro atoms. The topological polar surface area (TPSA) is 109 Å². The number of carboxylic acid groups (broad SMARTS) is 1. The fraction of sp³-hybridized carbons (Fsp3) is 0.250. The summed E-state index contributed by atoms with van der Waals surface area (Å²) in [6.07, 6.45) is 0. The van der Waals surface area contributed by atoms with Crippen molar-refractivity contribution in [3.8, 4) is 0 Å². The van der Waals surface area contributed by atoms with Gasteiger partial charge in [0.2, 0.25) is 11.8 Å². The van der Waals surface area contributed by atoms with Gasteiger partial charge in [-0.2, -0.15) is 0 Å². The Hall–Kier alpha value is -2.02. The second-order valence-corrected chi connectivity index (χ2v) is 4.71. The van der Waals surface area contributed by atoms with Crippen LogP contribution in [0.3, 0.4) is 0 Å². The number of nitrogens with one attached hydrogen (secondary N) is 1. The Balaban J connectivity index is 2.39. The number of nitrogens with two attached hydrogens (primary N) is 1. The minimum Gasteiger partial charge on any atom is -0.481 e. The predicted molar refractivity (Wildman–Crippen MR) is 71.8 cm³/mol. The highest BCUT2D eigenvalue weighted by molar-refractivity contribution is 8.00. The van der Waals surface area contributed by atoms with Crippen molar-refractivity contribution in [3.63, 3.8) is 0 Å². The van der Waals surface area contributed by atoms with Gasteiger partial charge in [0.25, 0.3) is 0 Å². The fourth-order valence-corrected chi connectivity index (χ4v) is 1.88. The highest BCUT2D eigenvalue weighted by Gasteiger charge is 2.05. The lowest BCUT2D eigenvalue weighted by molar-refractivity contribution is -0.133. The summed E-state index contributed by atoms with van der Waals surface area (Å²) >= 11 is 1.03. The van der Waals surface area contributed by atoms with Crippen molar-refractivity contribution in [2.24, 2.45) is 5.73 Å². The average Bonchev–Trinajstić information content (AvgIpc) is 2.36. The molecule has 0 aliphatic carbocycles. The molecule has 0 unspecified atom stereocenters. The SMILES string of the molecule is NC(=O)c1cccc(CNC(=O)CSCC(=O)O)c1. The summed E-state index contributed by atoms with van der Waals surface area (Å²) in [6, 6.07) is 6.64. The molecule has 0 aliphatic rings. The second kappa shape index (κ2) is 7.42. The molecule has 0 bridgehead atoms. The van der Waals surface area contributed by atoms with E-state index in [-0.39, 0.29) is 24.0 Å². The number of carbonyl (C=O) groups is 3. The smallest absolute Gasteiger partial charge is 0.313 e. The molecule has 0 saturated heterocycles. The Morgan fingerprint density at radius 1 is 1.26 bits per heavy atom. The van der Waals surface area contributed by atoms with Crippen molar-refractivity contribution in [2.45, 2.75) is 6.54 Å². The maximum absolute atomic E-state index is 11.4. The van der Waals surface area contributed by atoms with Crippen LogP contribution in [0.1, 0.15) is 15.9 Å². The summed E-state index contributed by atoms with van der Waals surface area (Å²) < 4.78 is 0. The van der Waals surface area contributed by atoms with Gasteiger partial charge in [-0.15, -0.1) is 11.8 Å². The third-order valence-corrected chi connectivity index (χ3v) is 3.08. The molecule has 1 aromatic carbocycles. The molecule has 2 amide bonds. The van der Waals surface area contributed by atoms with Gasteiger partial charge < -0.3 is 16.2 Å². The summed E-state index contributed by atoms with van der Waals surface area (Å²) in [5, 5.41) is 11.1. The Bertz CT molecular complexity index is 490. The quantitative estimate of drug-likeness (QED) is 0.662. The zero-order valence-electron chi connectivity index (χ0n) is 10.1. The minimum atomic E-state index is -0.952. The number of benzene rings is 1. The molecule has 0 atom stereocenters. The number of thioether (sulfide) groups is 1. The van der Waals surface area contributed by atoms with Crippen molar-refractivity contribution in [2.75, 3.05) is 11.5 Å². The first kappa shape index (κ1) is 15.0. The first-order chi connectivity index (χ1) is 8.99. The first-order valence-electron chi connectivity index (χ1n) is 5.44. The summed E-state index contributed by atoms with van der Waals surface area (Å²) in [6.45, 7) is 0.271. The summed E-state index contributed by atoms with van der Waals surface area (Å²) in [7, 11) is 0. The van der Waals surface area contributed by atoms with Crippen LogP contribution in [0.4, 0.5) is 0 Å². The molecule has 0 heterocycles. The van der Waals surface area contributed by atoms with Crippen LogP contribution in [-0.4, -0.2) is 34.4 Å². The van der Waals surface area contributed by atoms with E-state index in [4.69, 9.17) is 10.8 Å². The first-order valence-corrected chi connectivity index (χ1v) is 6.59. The van der Waals surface area contributed by atoms with Crippen LogP contribution in [0.15, 0.2) is 24.3 Å². The molecule has 0 fully saturated rings. The molecule has 0 aliphatic heterocycles. The molecule has 19 heavy (non-hydrogen) atoms. The number of carboxylic acids is 1. The van der Waals surface area contributed by atoms with Gasteiger partial charge in [-0.3, -0.25) is 14.4 Å². The molecule has 1 aromatic rings. The van der Waals surface area contributed by atoms with Crippen molar-refractivity contribution in [3.05, 3.63) is 35.4 Å². The number of hydrogen-bond acceptors (Lipinski definition) is 4. The largest absolute Gasteiger partial charge is 0.481 e. The van der Waals surface area contributed by atoms with E-state index in [1.165, 1.54) is 0 Å². The average molecular weight is 282 g/mol. The number of carbonyl (C=O) groups excluding carboxylic acids is 2. The van der Waals surface area contributed by atoms with Crippen molar-refractivity contribution in [1.82, 2.24) is 5.32 Å². The van der Waals surface area contributed by atoms with Gasteiger partial charge in [0, 0.05) is 12.1 Å². The Morgan fingerprint density at radius 2 is 2.00 bits per heavy atom. The maximum Gasteiger partial charge on any atom is 0.313 e. The second-order valence-electron chi connectivity index (χ2n) is 3.73. The molecular weight excluding hydrogens is 268 g/mol. The Kier molecular flexibility index (Phi) is 5.87. The Morgan fingerprint density at radius 3 is 2.63 bits per heavy atom. The van der Waals surface area contributed by atoms with E-state index in [1.807, 2.05) is 0 Å². The van der Waals surface area contributed by atoms with Crippen LogP contribution in [0.5, 0.6) is 0 Å². The summed E-state index contributed by atoms with van der Waals surface area (Å²) in [5.74, 6) is -1.75. The van der Waals surface area contributed by atoms with E-state index in [9.17, 15) is 14.4 Å². The van der Waals surface area contributed by atoms with Gasteiger partial charge in [-0.1, -0.05) is 12.1 Å². The molecule has 102 valence electrons. The van der Waals surface area contributed by atoms with Gasteiger partial charge in [0.1, 0.15) is 0 Å². The fourth-order valence-electron chi connectivity index (χ4n) is 1.32. The van der Waals surface area contributed by atoms with Gasteiger partial charge in [0.05, 0.1) is 11.5 Å². The monoisotopic (exact) mass is 282 g/mol. The number of primary amides is 1. The molecule has 6 nitrogen and oxygen atoms in total. The van der Waals surface area contributed by atoms with E-state index in [0.29, 0.717) is 5.56 Å². The molecule has 0 aromatic heterocycles. The maximum atomic E-state index is 11.4. The lowest BCUT2D eigenvalue weighted by atomic mass is 10.1. The molecule has 0 saturated carbocycles. The molecule has 4 N–H and O–H groups in total. The standard InChI is InChI=1S/C12H14N2O4S/c13-12(18)9-3-1-2-8(4-9)5-14-10(15)6-19-7-11(16)17/h1-4H,5-7H2,(H2,13,18)(H,14,15)(H,16,17). The van der Waals surface area contributed by atoms with Gasteiger partial charge >= 0.3 is 5.97 Å². The lowest BCUT2D eigenvalue weighted by Gasteiger charge is -2.05. The van der Waals surface area contributed by atoms with Crippen LogP contribution < -0.4 is 11.1 Å². The predicted octanol–water partition coefficient (Wildman–Crippen LogP) is 0.219. The zero-order valence-corrected chi connectivity index (χ0v) is 10.9. The molecule has 0 radical (unpaired) electrons. The van der Waals surface area contributed by atoms with Crippen LogP contribution in [0.25, 0.3) is 0 Å². The highest BCUT2D eigenvalue weighted by Crippen LogP contribution is 2.05. The highest BCUT2D eigenvalue weighted by atomic mass is 32.2. The van der Waals surface area contributed by atoms with E-state index in [1.54, 1.807) is 24.3 Å². The van der Waals surface area contributed by atoms with E-state index >= 15 is 0 Å². The van der Waals surface area contributed by atoms with Crippen molar-refractivity contribution < 1.29 is 19.5 Å². The van der Waals surface area contributed by atoms with Crippen LogP contribution in [0, 0.1) is 0 Å². The van der Waals surface area contributed by atoms with Crippen molar-refractivity contribution in [1.29, 1.82) is 0 Å². The molecule has 7 heteroatoms. The van der Waals surface area contributed by atoms with E-state index in [2.05, 4.69) is 5.32 Å². The molecular formula is C12H14N2O4S. The number of rotatable bonds is 7. The number of amides is 2. The van der Waals surface area contributed by atoms with Crippen LogP contribution in [-0.2, 0) is 16.1 Å². The van der Waals surface area contributed by atoms with Crippen LogP contribution >= 0.6 is 11.8 Å². The third kappa shape index (κ3) is 5.91. The van der Waals surface area contributed by atoms with Crippen molar-refractivity contribution >= 4 is 29.5 Å². The summed E-state index contributed by atoms with van der Waals surface area (Å²) in [5.41, 5.74) is 6.29. The summed E-state index contributed by atoms with van der Waals surface area (Å²) in [4.78, 5) is 32.6. The lowest BCUT2D eigenvalue weighted by Crippen LogP contribution is -2.25. The normalized spacial score (nSPS) is 9.89. The minimum absolute atomic E-state index is 0.0851. The molecule has 1 rings (SSSR count). The Labute approximate surface area is 114 Å². The third-order valence-electron chi connectivity index (χ3n) is 2.16. The number of aliphatic carboxylic acids is 1. The van der Waals surface area contributed by atoms with E-state index < -0.39 is 11.9 Å². The van der Waals surface area contributed by atoms with Gasteiger partial charge in [-0.05, 0) is 17.7 Å². The van der Waals surface area contributed by atoms with Crippen LogP contribution in [0.2, 0.25) is 0 Å². The van der Waals surface area contributed by atoms with Gasteiger partial charge in [0.15, 0.2) is 0 Å². The van der Waals surface area contributed by atoms with E-state index in [0.717, 1.165) is 17.3 Å².